The zero-order chi connectivity index (χ0) is 18.7. The van der Waals surface area contributed by atoms with Crippen molar-refractivity contribution in [1.82, 2.24) is 10.3 Å². The van der Waals surface area contributed by atoms with Gasteiger partial charge in [0.15, 0.2) is 17.7 Å². The van der Waals surface area contributed by atoms with Crippen LogP contribution in [-0.2, 0) is 0 Å². The molecule has 0 radical (unpaired) electrons. The summed E-state index contributed by atoms with van der Waals surface area (Å²) < 4.78 is 15.8. The molecule has 1 aromatic heterocycles. The van der Waals surface area contributed by atoms with Gasteiger partial charge in [-0.2, -0.15) is 0 Å². The normalized spacial score (nSPS) is 11.8. The Bertz CT molecular complexity index is 910. The van der Waals surface area contributed by atoms with Gasteiger partial charge >= 0.3 is 0 Å². The topological polar surface area (TPSA) is 92.8 Å². The molecule has 1 heterocycles. The van der Waals surface area contributed by atoms with Gasteiger partial charge in [0.2, 0.25) is 5.75 Å². The number of amides is 1. The van der Waals surface area contributed by atoms with Crippen molar-refractivity contribution in [2.24, 2.45) is 0 Å². The number of benzene rings is 2. The minimum absolute atomic E-state index is 0.392. The maximum Gasteiger partial charge on any atom is 0.253 e. The second-order valence-corrected chi connectivity index (χ2v) is 5.61. The van der Waals surface area contributed by atoms with Crippen LogP contribution in [0.25, 0.3) is 10.9 Å². The largest absolute Gasteiger partial charge is 0.493 e. The molecule has 3 aromatic rings. The SMILES string of the molecule is COc1cc(C(O)NC(=O)c2ccc3[nH]ccc3c2)cc(OC)c1OC. The number of aliphatic hydroxyl groups excluding tert-OH is 1. The smallest absolute Gasteiger partial charge is 0.253 e. The number of rotatable bonds is 6. The molecular formula is C19H20N2O5. The summed E-state index contributed by atoms with van der Waals surface area (Å²) in [6.07, 6.45) is 0.565. The number of nitrogens with one attached hydrogen (secondary N) is 2. The predicted octanol–water partition coefficient (Wildman–Crippen LogP) is 2.61. The number of aromatic nitrogens is 1. The van der Waals surface area contributed by atoms with E-state index in [-0.39, 0.29) is 0 Å². The number of methoxy groups -OCH3 is 3. The molecule has 7 nitrogen and oxygen atoms in total. The Morgan fingerprint density at radius 1 is 1.04 bits per heavy atom. The van der Waals surface area contributed by atoms with Gasteiger partial charge in [0, 0.05) is 28.2 Å². The van der Waals surface area contributed by atoms with E-state index in [2.05, 4.69) is 10.3 Å². The zero-order valence-electron chi connectivity index (χ0n) is 14.7. The van der Waals surface area contributed by atoms with Crippen molar-refractivity contribution < 1.29 is 24.1 Å². The standard InChI is InChI=1S/C19H20N2O5/c1-24-15-9-13(10-16(25-2)17(15)26-3)19(23)21-18(22)12-4-5-14-11(8-12)6-7-20-14/h4-10,19-20,23H,1-3H3,(H,21,22). The Morgan fingerprint density at radius 2 is 1.73 bits per heavy atom. The van der Waals surface area contributed by atoms with Crippen LogP contribution in [0.2, 0.25) is 0 Å². The van der Waals surface area contributed by atoms with Crippen molar-refractivity contribution in [2.45, 2.75) is 6.23 Å². The Morgan fingerprint density at radius 3 is 2.35 bits per heavy atom. The fraction of sp³-hybridized carbons (Fsp3) is 0.211. The maximum atomic E-state index is 12.5. The Hall–Kier alpha value is -3.19. The minimum Gasteiger partial charge on any atom is -0.493 e. The number of aliphatic hydroxyl groups is 1. The number of H-pyrrole nitrogens is 1. The molecule has 2 aromatic carbocycles. The molecule has 0 aliphatic carbocycles. The molecule has 136 valence electrons. The molecule has 7 heteroatoms. The number of ether oxygens (including phenoxy) is 3. The summed E-state index contributed by atoms with van der Waals surface area (Å²) in [6.45, 7) is 0. The first-order chi connectivity index (χ1) is 12.6. The molecule has 3 rings (SSSR count). The van der Waals surface area contributed by atoms with Gasteiger partial charge in [-0.15, -0.1) is 0 Å². The van der Waals surface area contributed by atoms with Crippen molar-refractivity contribution in [1.29, 1.82) is 0 Å². The molecule has 3 N–H and O–H groups in total. The van der Waals surface area contributed by atoms with Gasteiger partial charge in [-0.05, 0) is 36.4 Å². The summed E-state index contributed by atoms with van der Waals surface area (Å²) in [5.41, 5.74) is 1.80. The minimum atomic E-state index is -1.24. The highest BCUT2D eigenvalue weighted by Crippen LogP contribution is 2.39. The summed E-state index contributed by atoms with van der Waals surface area (Å²) in [5, 5.41) is 13.9. The molecule has 1 atom stereocenters. The van der Waals surface area contributed by atoms with Crippen LogP contribution in [0.15, 0.2) is 42.6 Å². The molecule has 0 saturated heterocycles. The third-order valence-corrected chi connectivity index (χ3v) is 4.09. The highest BCUT2D eigenvalue weighted by Gasteiger charge is 2.19. The lowest BCUT2D eigenvalue weighted by molar-refractivity contribution is 0.0782. The van der Waals surface area contributed by atoms with Crippen LogP contribution in [0.4, 0.5) is 0 Å². The van der Waals surface area contributed by atoms with Crippen molar-refractivity contribution >= 4 is 16.8 Å². The number of aromatic amines is 1. The van der Waals surface area contributed by atoms with Crippen LogP contribution in [0.5, 0.6) is 17.2 Å². The lowest BCUT2D eigenvalue weighted by Crippen LogP contribution is -2.28. The maximum absolute atomic E-state index is 12.5. The van der Waals surface area contributed by atoms with E-state index in [1.165, 1.54) is 21.3 Å². The fourth-order valence-corrected chi connectivity index (χ4v) is 2.74. The van der Waals surface area contributed by atoms with E-state index >= 15 is 0 Å². The van der Waals surface area contributed by atoms with Gasteiger partial charge in [-0.25, -0.2) is 0 Å². The third-order valence-electron chi connectivity index (χ3n) is 4.09. The Kier molecular flexibility index (Phi) is 4.99. The molecule has 0 fully saturated rings. The van der Waals surface area contributed by atoms with E-state index in [9.17, 15) is 9.90 Å². The van der Waals surface area contributed by atoms with Crippen LogP contribution in [0.3, 0.4) is 0 Å². The summed E-state index contributed by atoms with van der Waals surface area (Å²) >= 11 is 0. The van der Waals surface area contributed by atoms with Crippen molar-refractivity contribution in [3.8, 4) is 17.2 Å². The third kappa shape index (κ3) is 3.29. The number of fused-ring (bicyclic) bond motifs is 1. The Labute approximate surface area is 150 Å². The number of carbonyl (C=O) groups excluding carboxylic acids is 1. The highest BCUT2D eigenvalue weighted by atomic mass is 16.5. The van der Waals surface area contributed by atoms with Crippen LogP contribution in [-0.4, -0.2) is 37.3 Å². The van der Waals surface area contributed by atoms with Crippen LogP contribution >= 0.6 is 0 Å². The van der Waals surface area contributed by atoms with E-state index in [4.69, 9.17) is 14.2 Å². The second-order valence-electron chi connectivity index (χ2n) is 5.61. The van der Waals surface area contributed by atoms with Crippen molar-refractivity contribution in [3.05, 3.63) is 53.7 Å². The molecule has 1 unspecified atom stereocenters. The predicted molar refractivity (Wildman–Crippen MR) is 96.8 cm³/mol. The molecule has 0 spiro atoms. The van der Waals surface area contributed by atoms with Gasteiger partial charge in [0.1, 0.15) is 0 Å². The molecule has 26 heavy (non-hydrogen) atoms. The van der Waals surface area contributed by atoms with E-state index in [1.54, 1.807) is 30.5 Å². The average Bonchev–Trinajstić information content (AvgIpc) is 3.14. The number of carbonyl (C=O) groups is 1. The molecule has 0 bridgehead atoms. The van der Waals surface area contributed by atoms with Crippen molar-refractivity contribution in [3.63, 3.8) is 0 Å². The first-order valence-electron chi connectivity index (χ1n) is 7.93. The molecule has 0 aliphatic heterocycles. The van der Waals surface area contributed by atoms with Crippen molar-refractivity contribution in [2.75, 3.05) is 21.3 Å². The van der Waals surface area contributed by atoms with E-state index in [0.29, 0.717) is 28.4 Å². The fourth-order valence-electron chi connectivity index (χ4n) is 2.74. The average molecular weight is 356 g/mol. The molecule has 0 saturated carbocycles. The van der Waals surface area contributed by atoms with Crippen LogP contribution in [0, 0.1) is 0 Å². The van der Waals surface area contributed by atoms with Gasteiger partial charge in [-0.1, -0.05) is 0 Å². The summed E-state index contributed by atoms with van der Waals surface area (Å²) in [4.78, 5) is 15.5. The number of hydrogen-bond acceptors (Lipinski definition) is 5. The van der Waals surface area contributed by atoms with E-state index in [0.717, 1.165) is 10.9 Å². The van der Waals surface area contributed by atoms with E-state index in [1.807, 2.05) is 12.1 Å². The zero-order valence-corrected chi connectivity index (χ0v) is 14.7. The highest BCUT2D eigenvalue weighted by molar-refractivity contribution is 5.98. The van der Waals surface area contributed by atoms with Gasteiger partial charge in [0.05, 0.1) is 21.3 Å². The lowest BCUT2D eigenvalue weighted by atomic mass is 10.1. The number of hydrogen-bond donors (Lipinski definition) is 3. The molecular weight excluding hydrogens is 336 g/mol. The quantitative estimate of drug-likeness (QED) is 0.591. The van der Waals surface area contributed by atoms with Gasteiger partial charge < -0.3 is 29.6 Å². The molecule has 0 aliphatic rings. The second kappa shape index (κ2) is 7.37. The van der Waals surface area contributed by atoms with Gasteiger partial charge in [0.25, 0.3) is 5.91 Å². The van der Waals surface area contributed by atoms with Gasteiger partial charge in [-0.3, -0.25) is 4.79 Å². The van der Waals surface area contributed by atoms with Crippen LogP contribution < -0.4 is 19.5 Å². The summed E-state index contributed by atoms with van der Waals surface area (Å²) in [7, 11) is 4.46. The Balaban J connectivity index is 1.84. The van der Waals surface area contributed by atoms with Crippen LogP contribution in [0.1, 0.15) is 22.1 Å². The first-order valence-corrected chi connectivity index (χ1v) is 7.93. The summed E-state index contributed by atoms with van der Waals surface area (Å²) in [6, 6.07) is 10.3. The summed E-state index contributed by atoms with van der Waals surface area (Å²) in [5.74, 6) is 0.803. The monoisotopic (exact) mass is 356 g/mol. The lowest BCUT2D eigenvalue weighted by Gasteiger charge is -2.18. The first kappa shape index (κ1) is 17.6. The molecule has 1 amide bonds. The van der Waals surface area contributed by atoms with E-state index < -0.39 is 12.1 Å².